The van der Waals surface area contributed by atoms with Crippen molar-refractivity contribution in [1.82, 2.24) is 34.7 Å². The van der Waals surface area contributed by atoms with Crippen LogP contribution >= 0.6 is 11.6 Å². The molecule has 7 aromatic rings. The van der Waals surface area contributed by atoms with Gasteiger partial charge < -0.3 is 37.9 Å². The normalized spacial score (nSPS) is 22.9. The summed E-state index contributed by atoms with van der Waals surface area (Å²) >= 11 is 6.47. The number of aryl methyl sites for hydroxylation is 5. The van der Waals surface area contributed by atoms with Gasteiger partial charge >= 0.3 is 0 Å². The number of carbonyl (C=O) groups is 2. The first-order valence-corrected chi connectivity index (χ1v) is 23.7. The van der Waals surface area contributed by atoms with Gasteiger partial charge in [0.15, 0.2) is 0 Å². The van der Waals surface area contributed by atoms with E-state index in [9.17, 15) is 9.59 Å². The number of nitrogens with zero attached hydrogens (tertiary/aromatic N) is 7. The Hall–Kier alpha value is -5.83. The van der Waals surface area contributed by atoms with E-state index < -0.39 is 0 Å². The molecule has 3 aromatic carbocycles. The van der Waals surface area contributed by atoms with Crippen molar-refractivity contribution in [3.05, 3.63) is 99.7 Å². The third kappa shape index (κ3) is 6.64. The van der Waals surface area contributed by atoms with E-state index in [4.69, 9.17) is 40.1 Å². The fourth-order valence-electron chi connectivity index (χ4n) is 11.9. The summed E-state index contributed by atoms with van der Waals surface area (Å²) < 4.78 is 26.6. The van der Waals surface area contributed by atoms with E-state index in [1.165, 1.54) is 0 Å². The molecule has 2 spiro atoms. The van der Waals surface area contributed by atoms with Crippen molar-refractivity contribution >= 4 is 51.2 Å². The fraction of sp³-hybridized carbons (Fsp3) is 0.451. The minimum Gasteiger partial charge on any atom is -0.380 e. The number of ether oxygens (including phenoxy) is 2. The van der Waals surface area contributed by atoms with Crippen LogP contribution in [0.1, 0.15) is 116 Å². The quantitative estimate of drug-likeness (QED) is 0.163. The van der Waals surface area contributed by atoms with Crippen LogP contribution in [0.15, 0.2) is 63.6 Å². The molecule has 0 radical (unpaired) electrons. The highest BCUT2D eigenvalue weighted by Crippen LogP contribution is 2.56. The number of hydrogen-bond donors (Lipinski definition) is 1. The fourth-order valence-corrected chi connectivity index (χ4v) is 12.0. The molecule has 8 heterocycles. The summed E-state index contributed by atoms with van der Waals surface area (Å²) in [4.78, 5) is 37.2. The lowest BCUT2D eigenvalue weighted by Crippen LogP contribution is -2.52. The topological polar surface area (TPSA) is 156 Å². The molecule has 2 aliphatic carbocycles. The van der Waals surface area contributed by atoms with Crippen LogP contribution in [0.2, 0.25) is 5.02 Å². The van der Waals surface area contributed by atoms with E-state index >= 15 is 0 Å². The van der Waals surface area contributed by atoms with Gasteiger partial charge in [-0.1, -0.05) is 40.1 Å². The number of fused-ring (bicyclic) bond motifs is 2. The van der Waals surface area contributed by atoms with E-state index in [2.05, 4.69) is 61.2 Å². The maximum Gasteiger partial charge on any atom is 0.227 e. The van der Waals surface area contributed by atoms with Gasteiger partial charge in [-0.25, -0.2) is 9.97 Å². The maximum atomic E-state index is 13.2. The number of amides is 2. The molecular weight excluding hydrogens is 856 g/mol. The number of hydrogen-bond acceptors (Lipinski definition) is 10. The first-order valence-electron chi connectivity index (χ1n) is 23.3. The number of aromatic nitrogens is 6. The van der Waals surface area contributed by atoms with Crippen molar-refractivity contribution in [1.29, 1.82) is 0 Å². The molecule has 2 atom stereocenters. The second kappa shape index (κ2) is 15.4. The number of nitrogens with one attached hydrogen (secondary N) is 1. The van der Waals surface area contributed by atoms with Crippen LogP contribution in [0.4, 0.5) is 5.69 Å². The highest BCUT2D eigenvalue weighted by molar-refractivity contribution is 6.31. The number of imidazole rings is 2. The van der Waals surface area contributed by atoms with Crippen LogP contribution in [0.5, 0.6) is 0 Å². The molecule has 4 aromatic heterocycles. The Morgan fingerprint density at radius 2 is 1.21 bits per heavy atom. The molecule has 66 heavy (non-hydrogen) atoms. The Kier molecular flexibility index (Phi) is 9.68. The van der Waals surface area contributed by atoms with Crippen molar-refractivity contribution < 1.29 is 28.1 Å². The highest BCUT2D eigenvalue weighted by atomic mass is 35.5. The van der Waals surface area contributed by atoms with Crippen molar-refractivity contribution in [2.45, 2.75) is 110 Å². The summed E-state index contributed by atoms with van der Waals surface area (Å²) in [5, 5.41) is 12.0. The minimum absolute atomic E-state index is 0.00777. The van der Waals surface area contributed by atoms with E-state index in [0.717, 1.165) is 155 Å². The molecular formula is C51H53ClN8O6. The van der Waals surface area contributed by atoms with Crippen LogP contribution in [-0.2, 0) is 19.1 Å². The zero-order chi connectivity index (χ0) is 45.2. The summed E-state index contributed by atoms with van der Waals surface area (Å²) in [6.45, 7) is 13.2. The smallest absolute Gasteiger partial charge is 0.227 e. The monoisotopic (exact) mass is 908 g/mol. The van der Waals surface area contributed by atoms with Gasteiger partial charge in [0.25, 0.3) is 0 Å². The van der Waals surface area contributed by atoms with Crippen molar-refractivity contribution in [2.75, 3.05) is 31.3 Å². The molecule has 340 valence electrons. The zero-order valence-corrected chi connectivity index (χ0v) is 38.7. The van der Waals surface area contributed by atoms with Gasteiger partial charge in [0, 0.05) is 57.6 Å². The highest BCUT2D eigenvalue weighted by Gasteiger charge is 2.53. The van der Waals surface area contributed by atoms with E-state index in [1.54, 1.807) is 0 Å². The molecule has 6 fully saturated rings. The van der Waals surface area contributed by atoms with Crippen molar-refractivity contribution in [3.8, 4) is 22.3 Å². The van der Waals surface area contributed by atoms with E-state index in [1.807, 2.05) is 57.7 Å². The van der Waals surface area contributed by atoms with Crippen LogP contribution in [0, 0.1) is 45.4 Å². The summed E-state index contributed by atoms with van der Waals surface area (Å²) in [5.41, 5.74) is 12.5. The lowest BCUT2D eigenvalue weighted by Gasteiger charge is -2.54. The number of anilines is 1. The zero-order valence-electron chi connectivity index (χ0n) is 37.9. The summed E-state index contributed by atoms with van der Waals surface area (Å²) in [5.74, 6) is 3.78. The number of rotatable bonds is 7. The lowest BCUT2D eigenvalue weighted by atomic mass is 9.64. The Morgan fingerprint density at radius 3 is 1.68 bits per heavy atom. The average molecular weight is 909 g/mol. The predicted molar refractivity (Wildman–Crippen MR) is 248 cm³/mol. The van der Waals surface area contributed by atoms with E-state index in [-0.39, 0.29) is 23.9 Å². The molecule has 0 bridgehead atoms. The molecule has 13 rings (SSSR count). The maximum absolute atomic E-state index is 13.2. The van der Waals surface area contributed by atoms with Gasteiger partial charge in [-0.3, -0.25) is 9.59 Å². The second-order valence-electron chi connectivity index (χ2n) is 20.0. The largest absolute Gasteiger partial charge is 0.380 e. The molecule has 4 saturated heterocycles. The van der Waals surface area contributed by atoms with Gasteiger partial charge in [0.1, 0.15) is 23.2 Å². The van der Waals surface area contributed by atoms with Crippen LogP contribution in [-0.4, -0.2) is 67.7 Å². The first kappa shape index (κ1) is 41.6. The van der Waals surface area contributed by atoms with Gasteiger partial charge in [0.2, 0.25) is 11.8 Å². The molecule has 14 nitrogen and oxygen atoms in total. The van der Waals surface area contributed by atoms with Gasteiger partial charge in [-0.05, 0) is 126 Å². The third-order valence-corrected chi connectivity index (χ3v) is 15.8. The second-order valence-corrected chi connectivity index (χ2v) is 20.4. The summed E-state index contributed by atoms with van der Waals surface area (Å²) in [7, 11) is 0. The van der Waals surface area contributed by atoms with Crippen LogP contribution in [0.3, 0.4) is 0 Å². The van der Waals surface area contributed by atoms with Crippen molar-refractivity contribution in [3.63, 3.8) is 0 Å². The predicted octanol–water partition coefficient (Wildman–Crippen LogP) is 10.1. The summed E-state index contributed by atoms with van der Waals surface area (Å²) in [6.07, 6.45) is 7.00. The molecule has 2 saturated carbocycles. The molecule has 2 amide bonds. The lowest BCUT2D eigenvalue weighted by molar-refractivity contribution is -0.174. The van der Waals surface area contributed by atoms with Gasteiger partial charge in [-0.15, -0.1) is 0 Å². The van der Waals surface area contributed by atoms with Crippen LogP contribution in [0.25, 0.3) is 44.3 Å². The molecule has 6 aliphatic rings. The number of halogens is 1. The van der Waals surface area contributed by atoms with E-state index in [0.29, 0.717) is 40.8 Å². The average Bonchev–Trinajstić information content (AvgIpc) is 4.10. The number of benzene rings is 3. The Labute approximate surface area is 386 Å². The van der Waals surface area contributed by atoms with Crippen molar-refractivity contribution in [2.24, 2.45) is 10.8 Å². The van der Waals surface area contributed by atoms with Gasteiger partial charge in [-0.2, -0.15) is 0 Å². The Morgan fingerprint density at radius 1 is 0.667 bits per heavy atom. The first-order chi connectivity index (χ1) is 31.9. The third-order valence-electron chi connectivity index (χ3n) is 15.4. The molecule has 1 N–H and O–H groups in total. The Bertz CT molecular complexity index is 3060. The van der Waals surface area contributed by atoms with Gasteiger partial charge in [0.05, 0.1) is 72.0 Å². The molecule has 15 heteroatoms. The Balaban J connectivity index is 0.000000142. The number of carbonyl (C=O) groups excluding carboxylic acids is 2. The molecule has 4 aliphatic heterocycles. The van der Waals surface area contributed by atoms with Crippen LogP contribution < -0.4 is 10.2 Å². The minimum atomic E-state index is -0.143. The summed E-state index contributed by atoms with van der Waals surface area (Å²) in [6, 6.07) is 19.3. The SMILES string of the molecule is Cc1ccc(N2C(=O)CC[C@H]2c2nc3cc(-c4c(C)noc4C)ccc3n2C2CC3(COC3)C2)cc1Cl.Cc1noc(C)c1-c1ccc2c(c1)nc([C@@H]1CCC(=O)N1)n2C1CC2(COC2)C1. The molecule has 0 unspecified atom stereocenters. The standard InChI is InChI=1S/C29H29ClN4O3.C22H24N4O3/c1-16-4-6-20(11-22(16)30)33-25(8-9-26(33)35)28-31-23-10-19(27-17(2)32-37-18(27)3)5-7-24(23)34(28)21-12-29(13-21)14-36-15-29;1-12-20(13(2)29-25-12)14-3-5-18-17(7-14)24-21(16-4-6-19(27)23-16)26(18)15-8-22(9-15)10-28-11-22/h4-7,10-11,21,25H,8-9,12-15H2,1-3H3;3,5,7,15-16H,4,6,8-11H2,1-2H3,(H,23,27)/t25-;16-/m00/s1.